The quantitative estimate of drug-likeness (QED) is 0.187. The van der Waals surface area contributed by atoms with Gasteiger partial charge in [-0.25, -0.2) is 0 Å². The molecule has 0 saturated carbocycles. The van der Waals surface area contributed by atoms with E-state index in [1.807, 2.05) is 24.3 Å². The second kappa shape index (κ2) is 15.9. The number of hydrogen-bond donors (Lipinski definition) is 2. The normalized spacial score (nSPS) is 20.8. The summed E-state index contributed by atoms with van der Waals surface area (Å²) in [6.45, 7) is 7.11. The Morgan fingerprint density at radius 1 is 0.678 bits per heavy atom. The van der Waals surface area contributed by atoms with Gasteiger partial charge < -0.3 is 19.8 Å². The summed E-state index contributed by atoms with van der Waals surface area (Å²) >= 11 is 0. The van der Waals surface area contributed by atoms with E-state index < -0.39 is 23.7 Å². The number of nitrogens with one attached hydrogen (secondary N) is 1. The van der Waals surface area contributed by atoms with Gasteiger partial charge in [-0.2, -0.15) is 13.2 Å². The number of anilines is 2. The maximum Gasteiger partial charge on any atom is 0.416 e. The lowest BCUT2D eigenvalue weighted by atomic mass is 9.87. The molecule has 0 radical (unpaired) electrons. The molecule has 4 aromatic carbocycles. The first kappa shape index (κ1) is 38.9. The fraction of sp³-hybridized carbons (Fsp3) is 0.383. The number of aryl methyl sites for hydroxylation is 1. The highest BCUT2D eigenvalue weighted by atomic mass is 19.4. The van der Waals surface area contributed by atoms with Crippen LogP contribution in [-0.2, 0) is 28.7 Å². The van der Waals surface area contributed by atoms with Crippen molar-refractivity contribution in [1.82, 2.24) is 15.1 Å². The predicted molar refractivity (Wildman–Crippen MR) is 221 cm³/mol. The minimum atomic E-state index is -4.40. The third-order valence-electron chi connectivity index (χ3n) is 13.0. The van der Waals surface area contributed by atoms with Gasteiger partial charge in [-0.3, -0.25) is 24.6 Å². The van der Waals surface area contributed by atoms with E-state index in [1.165, 1.54) is 0 Å². The number of nitrogens with zero attached hydrogens (tertiary/aromatic N) is 4. The van der Waals surface area contributed by atoms with E-state index in [-0.39, 0.29) is 24.0 Å². The fourth-order valence-corrected chi connectivity index (χ4v) is 9.78. The molecule has 4 aromatic rings. The van der Waals surface area contributed by atoms with Crippen LogP contribution in [0.3, 0.4) is 0 Å². The molecule has 2 N–H and O–H groups in total. The molecular weight excluding hydrogens is 756 g/mol. The molecule has 3 saturated heterocycles. The molecule has 306 valence electrons. The first-order valence-corrected chi connectivity index (χ1v) is 20.8. The molecule has 3 fully saturated rings. The Morgan fingerprint density at radius 2 is 1.36 bits per heavy atom. The van der Waals surface area contributed by atoms with E-state index in [9.17, 15) is 32.7 Å². The van der Waals surface area contributed by atoms with Crippen molar-refractivity contribution in [3.8, 4) is 5.75 Å². The van der Waals surface area contributed by atoms with Gasteiger partial charge in [0.1, 0.15) is 11.8 Å². The molecule has 3 amide bonds. The van der Waals surface area contributed by atoms with Gasteiger partial charge in [-0.15, -0.1) is 0 Å². The minimum Gasteiger partial charge on any atom is -0.508 e. The van der Waals surface area contributed by atoms with Crippen LogP contribution in [0.15, 0.2) is 84.9 Å². The lowest BCUT2D eigenvalue weighted by Crippen LogP contribution is -2.52. The number of carbonyl (C=O) groups is 3. The lowest BCUT2D eigenvalue weighted by molar-refractivity contribution is -0.138. The van der Waals surface area contributed by atoms with Crippen molar-refractivity contribution in [3.05, 3.63) is 124 Å². The van der Waals surface area contributed by atoms with Gasteiger partial charge in [0.25, 0.3) is 5.91 Å². The smallest absolute Gasteiger partial charge is 0.416 e. The van der Waals surface area contributed by atoms with Crippen molar-refractivity contribution in [2.75, 3.05) is 55.6 Å². The van der Waals surface area contributed by atoms with Gasteiger partial charge in [-0.1, -0.05) is 30.3 Å². The van der Waals surface area contributed by atoms with Crippen LogP contribution in [0.2, 0.25) is 0 Å². The zero-order valence-electron chi connectivity index (χ0n) is 32.9. The van der Waals surface area contributed by atoms with E-state index in [0.29, 0.717) is 30.9 Å². The summed E-state index contributed by atoms with van der Waals surface area (Å²) in [6.07, 6.45) is 0.710. The standard InChI is InChI=1S/C47H48F3N5O4/c48-47(49,50)35-8-4-31(5-9-35)39-3-1-2-33-27-38(56)13-15-40(33)44(39)32-6-10-36(11-7-32)53-20-18-30(19-21-53)28-52-22-24-54(25-23-52)37-12-14-41-34(26-37)29-55(46(41)59)42-16-17-43(57)51-45(42)58/h4-15,26-27,30,42,56H,1-3,16-25,28-29H2,(H,51,57,58)/t42-/m0/s1. The van der Waals surface area contributed by atoms with Crippen LogP contribution < -0.4 is 15.1 Å². The van der Waals surface area contributed by atoms with E-state index >= 15 is 0 Å². The van der Waals surface area contributed by atoms with Gasteiger partial charge in [-0.05, 0) is 138 Å². The average molecular weight is 804 g/mol. The van der Waals surface area contributed by atoms with Crippen LogP contribution in [0.25, 0.3) is 11.1 Å². The topological polar surface area (TPSA) is 96.4 Å². The largest absolute Gasteiger partial charge is 0.508 e. The molecule has 1 aliphatic carbocycles. The van der Waals surface area contributed by atoms with Crippen molar-refractivity contribution in [1.29, 1.82) is 0 Å². The highest BCUT2D eigenvalue weighted by Crippen LogP contribution is 2.42. The van der Waals surface area contributed by atoms with Crippen LogP contribution in [0, 0.1) is 5.92 Å². The molecule has 9 rings (SSSR count). The maximum atomic E-state index is 13.4. The number of phenolic OH excluding ortho intramolecular Hbond substituents is 1. The number of benzene rings is 4. The average Bonchev–Trinajstić information content (AvgIpc) is 3.43. The van der Waals surface area contributed by atoms with Crippen molar-refractivity contribution in [2.24, 2.45) is 5.92 Å². The molecule has 12 heteroatoms. The van der Waals surface area contributed by atoms with Crippen LogP contribution in [0.4, 0.5) is 24.5 Å². The number of carbonyl (C=O) groups excluding carboxylic acids is 3. The number of rotatable bonds is 7. The van der Waals surface area contributed by atoms with Gasteiger partial charge in [0.05, 0.1) is 5.56 Å². The Morgan fingerprint density at radius 3 is 2.07 bits per heavy atom. The third kappa shape index (κ3) is 7.94. The molecule has 4 heterocycles. The van der Waals surface area contributed by atoms with Crippen molar-refractivity contribution in [2.45, 2.75) is 63.7 Å². The Labute approximate surface area is 342 Å². The third-order valence-corrected chi connectivity index (χ3v) is 13.0. The summed E-state index contributed by atoms with van der Waals surface area (Å²) < 4.78 is 40.3. The Balaban J connectivity index is 0.812. The summed E-state index contributed by atoms with van der Waals surface area (Å²) in [5.74, 6) is -0.0154. The van der Waals surface area contributed by atoms with Crippen LogP contribution in [0.1, 0.15) is 82.3 Å². The van der Waals surface area contributed by atoms with Gasteiger partial charge >= 0.3 is 6.18 Å². The SMILES string of the molecule is O=C1CC[C@H](N2Cc3cc(N4CCN(CC5CCN(c6ccc(C7=C(c8ccc(C(F)(F)F)cc8)CCCc8cc(O)ccc87)cc6)CC5)CC4)ccc3C2=O)C(=O)N1. The summed E-state index contributed by atoms with van der Waals surface area (Å²) in [7, 11) is 0. The van der Waals surface area contributed by atoms with Gasteiger partial charge in [0.15, 0.2) is 0 Å². The van der Waals surface area contributed by atoms with E-state index in [1.54, 1.807) is 23.1 Å². The molecule has 0 bridgehead atoms. The number of hydrogen-bond acceptors (Lipinski definition) is 7. The van der Waals surface area contributed by atoms with E-state index in [4.69, 9.17) is 0 Å². The van der Waals surface area contributed by atoms with Crippen LogP contribution in [-0.4, -0.2) is 84.5 Å². The monoisotopic (exact) mass is 803 g/mol. The number of allylic oxidation sites excluding steroid dienone is 1. The second-order valence-electron chi connectivity index (χ2n) is 16.6. The molecular formula is C47H48F3N5O4. The first-order valence-electron chi connectivity index (χ1n) is 20.8. The molecule has 5 aliphatic rings. The zero-order valence-corrected chi connectivity index (χ0v) is 32.9. The van der Waals surface area contributed by atoms with Crippen LogP contribution >= 0.6 is 0 Å². The number of amides is 3. The molecule has 9 nitrogen and oxygen atoms in total. The van der Waals surface area contributed by atoms with Gasteiger partial charge in [0, 0.05) is 75.7 Å². The summed E-state index contributed by atoms with van der Waals surface area (Å²) in [4.78, 5) is 46.3. The Hall–Kier alpha value is -5.62. The lowest BCUT2D eigenvalue weighted by Gasteiger charge is -2.40. The fourth-order valence-electron chi connectivity index (χ4n) is 9.78. The molecule has 0 spiro atoms. The number of fused-ring (bicyclic) bond motifs is 2. The minimum absolute atomic E-state index is 0.150. The second-order valence-corrected chi connectivity index (χ2v) is 16.6. The van der Waals surface area contributed by atoms with Crippen molar-refractivity contribution in [3.63, 3.8) is 0 Å². The summed E-state index contributed by atoms with van der Waals surface area (Å²) in [5.41, 5.74) is 9.01. The number of halogens is 3. The number of phenols is 1. The number of piperazine rings is 1. The summed E-state index contributed by atoms with van der Waals surface area (Å²) in [5, 5.41) is 12.7. The van der Waals surface area contributed by atoms with E-state index in [2.05, 4.69) is 50.3 Å². The molecule has 59 heavy (non-hydrogen) atoms. The Kier molecular flexibility index (Phi) is 10.4. The van der Waals surface area contributed by atoms with E-state index in [0.717, 1.165) is 134 Å². The van der Waals surface area contributed by atoms with Crippen LogP contribution in [0.5, 0.6) is 5.75 Å². The van der Waals surface area contributed by atoms with Crippen molar-refractivity contribution < 1.29 is 32.7 Å². The zero-order chi connectivity index (χ0) is 40.8. The number of alkyl halides is 3. The summed E-state index contributed by atoms with van der Waals surface area (Å²) in [6, 6.07) is 24.9. The Bertz CT molecular complexity index is 2290. The molecule has 0 aromatic heterocycles. The number of aromatic hydroxyl groups is 1. The number of piperidine rings is 2. The molecule has 0 unspecified atom stereocenters. The number of imide groups is 1. The molecule has 4 aliphatic heterocycles. The molecule has 1 atom stereocenters. The van der Waals surface area contributed by atoms with Crippen molar-refractivity contribution >= 4 is 40.2 Å². The first-order chi connectivity index (χ1) is 28.5. The highest BCUT2D eigenvalue weighted by molar-refractivity contribution is 6.05. The van der Waals surface area contributed by atoms with Gasteiger partial charge in [0.2, 0.25) is 11.8 Å². The highest BCUT2D eigenvalue weighted by Gasteiger charge is 2.39. The maximum absolute atomic E-state index is 13.4. The predicted octanol–water partition coefficient (Wildman–Crippen LogP) is 7.51.